The maximum atomic E-state index is 11.6. The minimum absolute atomic E-state index is 0.0623. The predicted octanol–water partition coefficient (Wildman–Crippen LogP) is 2.96. The van der Waals surface area contributed by atoms with Gasteiger partial charge < -0.3 is 9.40 Å². The molecule has 0 aliphatic heterocycles. The molecular formula is C16H9ClN4O7. The molecule has 142 valence electrons. The zero-order chi connectivity index (χ0) is 20.4. The molecule has 0 fully saturated rings. The first-order chi connectivity index (χ1) is 13.3. The number of nitrogens with one attached hydrogen (secondary N) is 2. The van der Waals surface area contributed by atoms with E-state index in [9.17, 15) is 29.8 Å². The molecule has 0 bridgehead atoms. The number of nitro groups is 2. The molecule has 1 aromatic carbocycles. The van der Waals surface area contributed by atoms with E-state index in [2.05, 4.69) is 4.98 Å². The Balaban J connectivity index is 1.93. The highest BCUT2D eigenvalue weighted by Gasteiger charge is 2.19. The highest BCUT2D eigenvalue weighted by Crippen LogP contribution is 2.31. The van der Waals surface area contributed by atoms with E-state index in [1.807, 2.05) is 0 Å². The summed E-state index contributed by atoms with van der Waals surface area (Å²) in [5.74, 6) is 0.588. The minimum Gasteiger partial charge on any atom is -0.457 e. The number of aromatic nitrogens is 2. The van der Waals surface area contributed by atoms with Crippen LogP contribution in [0.3, 0.4) is 0 Å². The van der Waals surface area contributed by atoms with Gasteiger partial charge in [0, 0.05) is 11.6 Å². The van der Waals surface area contributed by atoms with Gasteiger partial charge in [-0.05, 0) is 36.4 Å². The van der Waals surface area contributed by atoms with Gasteiger partial charge in [0.15, 0.2) is 0 Å². The number of aromatic amines is 2. The summed E-state index contributed by atoms with van der Waals surface area (Å²) in [4.78, 5) is 47.1. The lowest BCUT2D eigenvalue weighted by Gasteiger charge is -1.99. The Morgan fingerprint density at radius 1 is 1.00 bits per heavy atom. The lowest BCUT2D eigenvalue weighted by molar-refractivity contribution is -0.386. The van der Waals surface area contributed by atoms with Gasteiger partial charge in [0.2, 0.25) is 0 Å². The van der Waals surface area contributed by atoms with Crippen LogP contribution in [0.15, 0.2) is 44.3 Å². The Morgan fingerprint density at radius 2 is 1.75 bits per heavy atom. The second kappa shape index (κ2) is 7.32. The number of halogens is 1. The van der Waals surface area contributed by atoms with Gasteiger partial charge >= 0.3 is 16.9 Å². The summed E-state index contributed by atoms with van der Waals surface area (Å²) in [5.41, 5.74) is -2.90. The van der Waals surface area contributed by atoms with Gasteiger partial charge in [0.05, 0.1) is 9.85 Å². The van der Waals surface area contributed by atoms with Gasteiger partial charge in [-0.15, -0.1) is 0 Å². The zero-order valence-electron chi connectivity index (χ0n) is 13.7. The molecule has 3 rings (SSSR count). The number of furan rings is 1. The van der Waals surface area contributed by atoms with Crippen molar-refractivity contribution < 1.29 is 14.3 Å². The molecule has 0 spiro atoms. The van der Waals surface area contributed by atoms with Gasteiger partial charge in [-0.25, -0.2) is 4.79 Å². The SMILES string of the molecule is O=c1[nH]c(/C=C/c2ccc(-c3ccc([N+](=O)[O-])c(Cl)c3)o2)c([N+](=O)[O-])c(=O)[nH]1. The molecule has 0 atom stereocenters. The molecule has 2 N–H and O–H groups in total. The molecule has 0 amide bonds. The molecule has 0 saturated carbocycles. The third kappa shape index (κ3) is 3.73. The van der Waals surface area contributed by atoms with Crippen molar-refractivity contribution in [3.05, 3.63) is 87.9 Å². The molecule has 0 aliphatic carbocycles. The Labute approximate surface area is 159 Å². The summed E-state index contributed by atoms with van der Waals surface area (Å²) in [6, 6.07) is 7.14. The Hall–Kier alpha value is -3.99. The minimum atomic E-state index is -1.13. The summed E-state index contributed by atoms with van der Waals surface area (Å²) in [6.45, 7) is 0. The number of H-pyrrole nitrogens is 2. The van der Waals surface area contributed by atoms with Crippen molar-refractivity contribution in [2.45, 2.75) is 0 Å². The summed E-state index contributed by atoms with van der Waals surface area (Å²) in [6.07, 6.45) is 2.47. The fraction of sp³-hybridized carbons (Fsp3) is 0. The van der Waals surface area contributed by atoms with Crippen molar-refractivity contribution in [1.82, 2.24) is 9.97 Å². The number of rotatable bonds is 5. The van der Waals surface area contributed by atoms with Crippen molar-refractivity contribution in [2.75, 3.05) is 0 Å². The molecule has 28 heavy (non-hydrogen) atoms. The van der Waals surface area contributed by atoms with Gasteiger partial charge in [-0.3, -0.25) is 30.0 Å². The maximum absolute atomic E-state index is 11.6. The average molecular weight is 405 g/mol. The first-order valence-corrected chi connectivity index (χ1v) is 7.87. The van der Waals surface area contributed by atoms with Crippen LogP contribution in [0.4, 0.5) is 11.4 Å². The van der Waals surface area contributed by atoms with Gasteiger partial charge in [-0.1, -0.05) is 11.6 Å². The quantitative estimate of drug-likeness (QED) is 0.487. The van der Waals surface area contributed by atoms with E-state index < -0.39 is 26.8 Å². The topological polar surface area (TPSA) is 165 Å². The first-order valence-electron chi connectivity index (χ1n) is 7.49. The second-order valence-corrected chi connectivity index (χ2v) is 5.79. The van der Waals surface area contributed by atoms with Crippen LogP contribution >= 0.6 is 11.6 Å². The Kier molecular flexibility index (Phi) is 4.92. The molecule has 0 aliphatic rings. The monoisotopic (exact) mass is 404 g/mol. The lowest BCUT2D eigenvalue weighted by atomic mass is 10.1. The lowest BCUT2D eigenvalue weighted by Crippen LogP contribution is -2.25. The van der Waals surface area contributed by atoms with E-state index in [1.54, 1.807) is 11.1 Å². The van der Waals surface area contributed by atoms with E-state index >= 15 is 0 Å². The molecule has 0 radical (unpaired) electrons. The number of nitrogens with zero attached hydrogens (tertiary/aromatic N) is 2. The van der Waals surface area contributed by atoms with E-state index in [4.69, 9.17) is 16.0 Å². The Morgan fingerprint density at radius 3 is 2.39 bits per heavy atom. The van der Waals surface area contributed by atoms with Crippen LogP contribution in [-0.4, -0.2) is 19.8 Å². The average Bonchev–Trinajstić information content (AvgIpc) is 3.07. The van der Waals surface area contributed by atoms with E-state index in [0.29, 0.717) is 11.3 Å². The van der Waals surface area contributed by atoms with Crippen molar-refractivity contribution in [3.63, 3.8) is 0 Å². The van der Waals surface area contributed by atoms with E-state index in [1.165, 1.54) is 30.3 Å². The molecule has 12 heteroatoms. The predicted molar refractivity (Wildman–Crippen MR) is 99.1 cm³/mol. The van der Waals surface area contributed by atoms with Gasteiger partial charge in [0.25, 0.3) is 5.69 Å². The number of hydrogen-bond acceptors (Lipinski definition) is 7. The van der Waals surface area contributed by atoms with Crippen molar-refractivity contribution in [2.24, 2.45) is 0 Å². The summed E-state index contributed by atoms with van der Waals surface area (Å²) in [7, 11) is 0. The van der Waals surface area contributed by atoms with Crippen molar-refractivity contribution in [1.29, 1.82) is 0 Å². The fourth-order valence-corrected chi connectivity index (χ4v) is 2.62. The third-order valence-electron chi connectivity index (χ3n) is 3.60. The molecule has 3 aromatic rings. The molecular weight excluding hydrogens is 396 g/mol. The summed E-state index contributed by atoms with van der Waals surface area (Å²) in [5, 5.41) is 21.8. The van der Waals surface area contributed by atoms with Crippen LogP contribution in [0.5, 0.6) is 0 Å². The van der Waals surface area contributed by atoms with Crippen molar-refractivity contribution in [3.8, 4) is 11.3 Å². The van der Waals surface area contributed by atoms with E-state index in [0.717, 1.165) is 6.08 Å². The first kappa shape index (κ1) is 18.8. The molecule has 0 unspecified atom stereocenters. The number of hydrogen-bond donors (Lipinski definition) is 2. The zero-order valence-corrected chi connectivity index (χ0v) is 14.4. The summed E-state index contributed by atoms with van der Waals surface area (Å²) >= 11 is 5.87. The molecule has 11 nitrogen and oxygen atoms in total. The van der Waals surface area contributed by atoms with Gasteiger partial charge in [0.1, 0.15) is 22.2 Å². The Bertz CT molecular complexity index is 1240. The number of nitro benzene ring substituents is 1. The highest BCUT2D eigenvalue weighted by atomic mass is 35.5. The third-order valence-corrected chi connectivity index (χ3v) is 3.90. The van der Waals surface area contributed by atoms with Crippen LogP contribution < -0.4 is 11.2 Å². The second-order valence-electron chi connectivity index (χ2n) is 5.39. The van der Waals surface area contributed by atoms with Crippen LogP contribution in [0.25, 0.3) is 23.5 Å². The maximum Gasteiger partial charge on any atom is 0.357 e. The van der Waals surface area contributed by atoms with E-state index in [-0.39, 0.29) is 22.2 Å². The molecule has 2 aromatic heterocycles. The summed E-state index contributed by atoms with van der Waals surface area (Å²) < 4.78 is 5.54. The largest absolute Gasteiger partial charge is 0.457 e. The molecule has 0 saturated heterocycles. The standard InChI is InChI=1S/C16H9ClN4O7/c17-10-7-8(1-5-12(10)20(24)25)13-6-3-9(28-13)2-4-11-14(21(26)27)15(22)19-16(23)18-11/h1-7H,(H2,18,19,22,23)/b4-2+. The van der Waals surface area contributed by atoms with Crippen LogP contribution in [0.1, 0.15) is 11.5 Å². The fourth-order valence-electron chi connectivity index (χ4n) is 2.37. The van der Waals surface area contributed by atoms with Gasteiger partial charge in [-0.2, -0.15) is 0 Å². The smallest absolute Gasteiger partial charge is 0.357 e. The van der Waals surface area contributed by atoms with Crippen molar-refractivity contribution >= 4 is 35.1 Å². The van der Waals surface area contributed by atoms with Crippen LogP contribution in [0.2, 0.25) is 5.02 Å². The number of benzene rings is 1. The van der Waals surface area contributed by atoms with Crippen LogP contribution in [0, 0.1) is 20.2 Å². The normalized spacial score (nSPS) is 11.0. The highest BCUT2D eigenvalue weighted by molar-refractivity contribution is 6.32. The van der Waals surface area contributed by atoms with Crippen LogP contribution in [-0.2, 0) is 0 Å². The molecule has 2 heterocycles.